The second-order valence-electron chi connectivity index (χ2n) is 1.89. The van der Waals surface area contributed by atoms with Crippen molar-refractivity contribution in [2.24, 2.45) is 5.11 Å². The van der Waals surface area contributed by atoms with Crippen LogP contribution in [-0.4, -0.2) is 15.1 Å². The topological polar surface area (TPSA) is 121 Å². The summed E-state index contributed by atoms with van der Waals surface area (Å²) in [6.07, 6.45) is 0. The van der Waals surface area contributed by atoms with Gasteiger partial charge in [-0.2, -0.15) is 0 Å². The number of H-pyrrole nitrogens is 1. The van der Waals surface area contributed by atoms with Crippen molar-refractivity contribution in [2.75, 3.05) is 0 Å². The number of hydrogen-bond donors (Lipinski definition) is 1. The zero-order valence-electron chi connectivity index (χ0n) is 5.84. The van der Waals surface area contributed by atoms with Crippen LogP contribution in [0.2, 0.25) is 0 Å². The highest BCUT2D eigenvalue weighted by atomic mass is 16.6. The Balaban J connectivity index is 2.77. The molecule has 0 amide bonds. The minimum Gasteiger partial charge on any atom is -0.358 e. The van der Waals surface area contributed by atoms with Crippen molar-refractivity contribution in [2.45, 2.75) is 6.54 Å². The summed E-state index contributed by atoms with van der Waals surface area (Å²) in [7, 11) is 0. The van der Waals surface area contributed by atoms with Gasteiger partial charge >= 0.3 is 5.82 Å². The lowest BCUT2D eigenvalue weighted by Gasteiger charge is -1.83. The first kappa shape index (κ1) is 8.02. The molecule has 0 aliphatic carbocycles. The van der Waals surface area contributed by atoms with Crippen molar-refractivity contribution >= 4 is 5.82 Å². The van der Waals surface area contributed by atoms with E-state index in [2.05, 4.69) is 20.2 Å². The zero-order chi connectivity index (χ0) is 8.97. The van der Waals surface area contributed by atoms with Crippen molar-refractivity contribution in [1.82, 2.24) is 10.2 Å². The molecule has 0 aliphatic heterocycles. The van der Waals surface area contributed by atoms with E-state index in [-0.39, 0.29) is 12.4 Å². The van der Waals surface area contributed by atoms with Crippen LogP contribution in [0.4, 0.5) is 5.82 Å². The first-order valence-corrected chi connectivity index (χ1v) is 2.93. The molecule has 1 aromatic heterocycles. The second-order valence-corrected chi connectivity index (χ2v) is 1.89. The lowest BCUT2D eigenvalue weighted by Crippen LogP contribution is -1.86. The summed E-state index contributed by atoms with van der Waals surface area (Å²) in [5, 5.41) is 19.0. The van der Waals surface area contributed by atoms with Crippen molar-refractivity contribution in [1.29, 1.82) is 0 Å². The highest BCUT2D eigenvalue weighted by Crippen LogP contribution is 2.08. The number of nitrogens with one attached hydrogen (secondary N) is 1. The van der Waals surface area contributed by atoms with Crippen LogP contribution in [0.15, 0.2) is 11.2 Å². The third kappa shape index (κ3) is 1.70. The Hall–Kier alpha value is -2.08. The van der Waals surface area contributed by atoms with E-state index >= 15 is 0 Å². The van der Waals surface area contributed by atoms with Crippen LogP contribution in [0.3, 0.4) is 0 Å². The molecule has 8 heteroatoms. The van der Waals surface area contributed by atoms with Crippen LogP contribution in [0.25, 0.3) is 10.4 Å². The Kier molecular flexibility index (Phi) is 2.24. The van der Waals surface area contributed by atoms with Crippen molar-refractivity contribution in [3.8, 4) is 0 Å². The Bertz CT molecular complexity index is 337. The lowest BCUT2D eigenvalue weighted by atomic mass is 10.4. The van der Waals surface area contributed by atoms with Crippen LogP contribution in [0, 0.1) is 10.1 Å². The molecule has 0 saturated carbocycles. The monoisotopic (exact) mass is 168 g/mol. The van der Waals surface area contributed by atoms with Gasteiger partial charge in [-0.25, -0.2) is 0 Å². The summed E-state index contributed by atoms with van der Waals surface area (Å²) in [5.74, 6) is -0.210. The van der Waals surface area contributed by atoms with Crippen LogP contribution >= 0.6 is 0 Å². The second kappa shape index (κ2) is 3.35. The Morgan fingerprint density at radius 3 is 3.17 bits per heavy atom. The fourth-order valence-corrected chi connectivity index (χ4v) is 0.630. The normalized spacial score (nSPS) is 9.00. The fraction of sp³-hybridized carbons (Fsp3) is 0.250. The van der Waals surface area contributed by atoms with Crippen LogP contribution in [0.5, 0.6) is 0 Å². The maximum atomic E-state index is 10.1. The summed E-state index contributed by atoms with van der Waals surface area (Å²) in [4.78, 5) is 12.0. The molecule has 0 spiro atoms. The fourth-order valence-electron chi connectivity index (χ4n) is 0.630. The van der Waals surface area contributed by atoms with Gasteiger partial charge in [0.2, 0.25) is 0 Å². The first-order chi connectivity index (χ1) is 5.74. The largest absolute Gasteiger partial charge is 0.358 e. The van der Waals surface area contributed by atoms with E-state index in [0.29, 0.717) is 5.69 Å². The molecule has 1 rings (SSSR count). The van der Waals surface area contributed by atoms with E-state index in [4.69, 9.17) is 5.53 Å². The molecule has 0 radical (unpaired) electrons. The summed E-state index contributed by atoms with van der Waals surface area (Å²) in [6.45, 7) is 0.0147. The summed E-state index contributed by atoms with van der Waals surface area (Å²) in [5.41, 5.74) is 8.28. The van der Waals surface area contributed by atoms with Gasteiger partial charge in [-0.3, -0.25) is 0 Å². The molecule has 0 atom stereocenters. The van der Waals surface area contributed by atoms with Crippen molar-refractivity contribution < 1.29 is 4.92 Å². The third-order valence-electron chi connectivity index (χ3n) is 1.11. The Morgan fingerprint density at radius 1 is 1.92 bits per heavy atom. The predicted molar refractivity (Wildman–Crippen MR) is 38.1 cm³/mol. The SMILES string of the molecule is [N-]=[N+]=NCc1cc([N+](=O)[O-])[nH]n1. The van der Waals surface area contributed by atoms with E-state index in [1.54, 1.807) is 0 Å². The highest BCUT2D eigenvalue weighted by Gasteiger charge is 2.07. The number of aromatic amines is 1. The Morgan fingerprint density at radius 2 is 2.67 bits per heavy atom. The number of aromatic nitrogens is 2. The number of nitro groups is 1. The van der Waals surface area contributed by atoms with Gasteiger partial charge in [-0.15, -0.1) is 5.10 Å². The molecule has 0 bridgehead atoms. The number of azide groups is 1. The molecule has 1 heterocycles. The standard InChI is InChI=1S/C4H4N6O2/c5-9-6-2-3-1-4(8-7-3)10(11)12/h1H,2H2,(H,7,8). The van der Waals surface area contributed by atoms with Gasteiger partial charge in [0.05, 0.1) is 18.3 Å². The summed E-state index contributed by atoms with van der Waals surface area (Å²) in [6, 6.07) is 1.22. The molecule has 0 fully saturated rings. The molecule has 0 unspecified atom stereocenters. The van der Waals surface area contributed by atoms with E-state index in [0.717, 1.165) is 0 Å². The quantitative estimate of drug-likeness (QED) is 0.239. The number of nitrogens with zero attached hydrogens (tertiary/aromatic N) is 5. The maximum absolute atomic E-state index is 10.1. The van der Waals surface area contributed by atoms with Crippen LogP contribution < -0.4 is 0 Å². The minimum atomic E-state index is -0.605. The smallest absolute Gasteiger partial charge is 0.342 e. The van der Waals surface area contributed by atoms with Crippen molar-refractivity contribution in [3.05, 3.63) is 32.3 Å². The van der Waals surface area contributed by atoms with Gasteiger partial charge in [0, 0.05) is 4.91 Å². The van der Waals surface area contributed by atoms with E-state index in [9.17, 15) is 10.1 Å². The van der Waals surface area contributed by atoms with Gasteiger partial charge in [-0.1, -0.05) is 10.2 Å². The molecule has 1 aromatic rings. The van der Waals surface area contributed by atoms with Gasteiger partial charge in [0.1, 0.15) is 0 Å². The first-order valence-electron chi connectivity index (χ1n) is 2.93. The Labute approximate surface area is 66.0 Å². The molecule has 62 valence electrons. The number of hydrogen-bond acceptors (Lipinski definition) is 4. The molecule has 0 saturated heterocycles. The zero-order valence-corrected chi connectivity index (χ0v) is 5.84. The van der Waals surface area contributed by atoms with Gasteiger partial charge < -0.3 is 10.1 Å². The predicted octanol–water partition coefficient (Wildman–Crippen LogP) is 1.13. The minimum absolute atomic E-state index is 0.0147. The van der Waals surface area contributed by atoms with E-state index < -0.39 is 4.92 Å². The lowest BCUT2D eigenvalue weighted by molar-refractivity contribution is -0.389. The summed E-state index contributed by atoms with van der Waals surface area (Å²) < 4.78 is 0. The third-order valence-corrected chi connectivity index (χ3v) is 1.11. The van der Waals surface area contributed by atoms with E-state index in [1.807, 2.05) is 0 Å². The molecule has 0 aromatic carbocycles. The average Bonchev–Trinajstić information content (AvgIpc) is 2.48. The van der Waals surface area contributed by atoms with Crippen LogP contribution in [0.1, 0.15) is 5.69 Å². The average molecular weight is 168 g/mol. The van der Waals surface area contributed by atoms with E-state index in [1.165, 1.54) is 6.07 Å². The van der Waals surface area contributed by atoms with Crippen molar-refractivity contribution in [3.63, 3.8) is 0 Å². The molecule has 0 aliphatic rings. The summed E-state index contributed by atoms with van der Waals surface area (Å²) >= 11 is 0. The number of rotatable bonds is 3. The molecule has 1 N–H and O–H groups in total. The molecular formula is C4H4N6O2. The molecule has 8 nitrogen and oxygen atoms in total. The molecule has 12 heavy (non-hydrogen) atoms. The maximum Gasteiger partial charge on any atom is 0.342 e. The van der Waals surface area contributed by atoms with Gasteiger partial charge in [-0.05, 0) is 10.5 Å². The van der Waals surface area contributed by atoms with Gasteiger partial charge in [0.15, 0.2) is 0 Å². The molecular weight excluding hydrogens is 164 g/mol. The highest BCUT2D eigenvalue weighted by molar-refractivity contribution is 5.20. The van der Waals surface area contributed by atoms with Crippen LogP contribution in [-0.2, 0) is 6.54 Å². The van der Waals surface area contributed by atoms with Gasteiger partial charge in [0.25, 0.3) is 0 Å².